The first-order valence-corrected chi connectivity index (χ1v) is 10.2. The zero-order valence-electron chi connectivity index (χ0n) is 18.0. The molecule has 0 fully saturated rings. The van der Waals surface area contributed by atoms with E-state index < -0.39 is 11.8 Å². The van der Waals surface area contributed by atoms with Crippen molar-refractivity contribution in [1.29, 1.82) is 0 Å². The van der Waals surface area contributed by atoms with E-state index in [1.807, 2.05) is 26.0 Å². The molecule has 3 aromatic rings. The second kappa shape index (κ2) is 11.4. The van der Waals surface area contributed by atoms with Crippen molar-refractivity contribution in [2.75, 3.05) is 13.2 Å². The summed E-state index contributed by atoms with van der Waals surface area (Å²) in [6.07, 6.45) is 3.38. The Labute approximate surface area is 186 Å². The Morgan fingerprint density at radius 2 is 1.38 bits per heavy atom. The van der Waals surface area contributed by atoms with Gasteiger partial charge in [0.05, 0.1) is 13.2 Å². The average molecular weight is 435 g/mol. The Morgan fingerprint density at radius 1 is 0.750 bits per heavy atom. The molecule has 1 heterocycles. The minimum absolute atomic E-state index is 0.316. The van der Waals surface area contributed by atoms with Gasteiger partial charge in [0.25, 0.3) is 11.8 Å². The van der Waals surface area contributed by atoms with Crippen LogP contribution in [-0.2, 0) is 6.61 Å². The summed E-state index contributed by atoms with van der Waals surface area (Å²) in [6, 6.07) is 15.2. The molecule has 0 spiro atoms. The molecule has 1 aromatic heterocycles. The van der Waals surface area contributed by atoms with Crippen molar-refractivity contribution in [3.63, 3.8) is 0 Å². The van der Waals surface area contributed by atoms with Crippen LogP contribution in [0.25, 0.3) is 0 Å². The van der Waals surface area contributed by atoms with Gasteiger partial charge in [-0.1, -0.05) is 0 Å². The van der Waals surface area contributed by atoms with Crippen molar-refractivity contribution in [2.45, 2.75) is 20.5 Å². The fourth-order valence-corrected chi connectivity index (χ4v) is 2.80. The number of amides is 2. The lowest BCUT2D eigenvalue weighted by atomic mass is 10.2. The highest BCUT2D eigenvalue weighted by atomic mass is 16.5. The van der Waals surface area contributed by atoms with E-state index in [9.17, 15) is 9.59 Å². The molecular weight excluding hydrogens is 410 g/mol. The molecule has 166 valence electrons. The molecular formula is C24H25N3O5. The van der Waals surface area contributed by atoms with Crippen molar-refractivity contribution < 1.29 is 23.8 Å². The highest BCUT2D eigenvalue weighted by molar-refractivity contribution is 5.99. The van der Waals surface area contributed by atoms with Crippen LogP contribution >= 0.6 is 0 Å². The summed E-state index contributed by atoms with van der Waals surface area (Å²) in [6.45, 7) is 5.01. The minimum Gasteiger partial charge on any atom is -0.494 e. The number of ether oxygens (including phenoxy) is 3. The van der Waals surface area contributed by atoms with E-state index >= 15 is 0 Å². The summed E-state index contributed by atoms with van der Waals surface area (Å²) in [5.74, 6) is 0.697. The number of carbonyl (C=O) groups is 2. The molecule has 0 bridgehead atoms. The molecule has 0 unspecified atom stereocenters. The second-order valence-corrected chi connectivity index (χ2v) is 6.60. The molecule has 2 aromatic carbocycles. The largest absolute Gasteiger partial charge is 0.494 e. The summed E-state index contributed by atoms with van der Waals surface area (Å²) in [5, 5.41) is 0. The molecule has 2 N–H and O–H groups in total. The number of rotatable bonds is 9. The van der Waals surface area contributed by atoms with Gasteiger partial charge in [-0.3, -0.25) is 25.4 Å². The maximum atomic E-state index is 12.5. The number of benzene rings is 2. The third-order valence-electron chi connectivity index (χ3n) is 4.37. The highest BCUT2D eigenvalue weighted by Crippen LogP contribution is 2.29. The van der Waals surface area contributed by atoms with E-state index in [-0.39, 0.29) is 0 Å². The molecule has 8 nitrogen and oxygen atoms in total. The molecule has 0 radical (unpaired) electrons. The highest BCUT2D eigenvalue weighted by Gasteiger charge is 2.13. The van der Waals surface area contributed by atoms with Crippen molar-refractivity contribution >= 4 is 11.8 Å². The molecule has 2 amide bonds. The lowest BCUT2D eigenvalue weighted by molar-refractivity contribution is 0.0846. The van der Waals surface area contributed by atoms with Gasteiger partial charge in [0.2, 0.25) is 0 Å². The fourth-order valence-electron chi connectivity index (χ4n) is 2.80. The number of nitrogens with one attached hydrogen (secondary N) is 2. The molecule has 0 atom stereocenters. The summed E-state index contributed by atoms with van der Waals surface area (Å²) in [5.41, 5.74) is 6.48. The Kier molecular flexibility index (Phi) is 8.02. The average Bonchev–Trinajstić information content (AvgIpc) is 2.83. The Hall–Kier alpha value is -4.07. The van der Waals surface area contributed by atoms with Gasteiger partial charge in [0, 0.05) is 23.5 Å². The van der Waals surface area contributed by atoms with E-state index in [1.165, 1.54) is 0 Å². The maximum absolute atomic E-state index is 12.5. The smallest absolute Gasteiger partial charge is 0.269 e. The van der Waals surface area contributed by atoms with Gasteiger partial charge in [-0.2, -0.15) is 0 Å². The molecule has 0 saturated heterocycles. The quantitative estimate of drug-likeness (QED) is 0.499. The van der Waals surface area contributed by atoms with Gasteiger partial charge in [0.1, 0.15) is 12.4 Å². The van der Waals surface area contributed by atoms with Gasteiger partial charge < -0.3 is 14.2 Å². The number of hydrogen-bond acceptors (Lipinski definition) is 6. The van der Waals surface area contributed by atoms with Crippen LogP contribution in [0.2, 0.25) is 0 Å². The number of hydrogen-bond donors (Lipinski definition) is 2. The van der Waals surface area contributed by atoms with Gasteiger partial charge >= 0.3 is 0 Å². The van der Waals surface area contributed by atoms with Gasteiger partial charge in [-0.25, -0.2) is 0 Å². The van der Waals surface area contributed by atoms with E-state index in [2.05, 4.69) is 15.8 Å². The molecule has 0 aliphatic heterocycles. The van der Waals surface area contributed by atoms with Gasteiger partial charge in [-0.15, -0.1) is 0 Å². The zero-order chi connectivity index (χ0) is 22.8. The summed E-state index contributed by atoms with van der Waals surface area (Å²) >= 11 is 0. The number of aromatic nitrogens is 1. The van der Waals surface area contributed by atoms with Crippen LogP contribution in [-0.4, -0.2) is 30.0 Å². The summed E-state index contributed by atoms with van der Waals surface area (Å²) in [4.78, 5) is 28.8. The summed E-state index contributed by atoms with van der Waals surface area (Å²) < 4.78 is 16.8. The van der Waals surface area contributed by atoms with Crippen molar-refractivity contribution in [3.05, 3.63) is 83.7 Å². The number of pyridine rings is 1. The Morgan fingerprint density at radius 3 is 2.03 bits per heavy atom. The lowest BCUT2D eigenvalue weighted by Crippen LogP contribution is -2.41. The van der Waals surface area contributed by atoms with Crippen LogP contribution in [0.5, 0.6) is 17.2 Å². The van der Waals surface area contributed by atoms with Crippen LogP contribution in [0, 0.1) is 0 Å². The van der Waals surface area contributed by atoms with Crippen LogP contribution in [0.15, 0.2) is 67.0 Å². The first-order chi connectivity index (χ1) is 15.6. The fraction of sp³-hybridized carbons (Fsp3) is 0.208. The third kappa shape index (κ3) is 6.21. The van der Waals surface area contributed by atoms with Gasteiger partial charge in [-0.05, 0) is 74.0 Å². The first-order valence-electron chi connectivity index (χ1n) is 10.2. The maximum Gasteiger partial charge on any atom is 0.269 e. The monoisotopic (exact) mass is 435 g/mol. The van der Waals surface area contributed by atoms with E-state index in [0.717, 1.165) is 5.56 Å². The Bertz CT molecular complexity index is 1040. The van der Waals surface area contributed by atoms with Crippen molar-refractivity contribution in [3.8, 4) is 17.2 Å². The summed E-state index contributed by atoms with van der Waals surface area (Å²) in [7, 11) is 0. The second-order valence-electron chi connectivity index (χ2n) is 6.60. The number of nitrogens with zero attached hydrogens (tertiary/aromatic N) is 1. The predicted octanol–water partition coefficient (Wildman–Crippen LogP) is 3.53. The molecule has 0 aliphatic carbocycles. The van der Waals surface area contributed by atoms with Crippen molar-refractivity contribution in [1.82, 2.24) is 15.8 Å². The molecule has 0 aliphatic rings. The van der Waals surface area contributed by atoms with E-state index in [1.54, 1.807) is 54.9 Å². The molecule has 32 heavy (non-hydrogen) atoms. The van der Waals surface area contributed by atoms with Crippen LogP contribution in [0.1, 0.15) is 40.1 Å². The normalized spacial score (nSPS) is 10.2. The topological polar surface area (TPSA) is 98.8 Å². The molecule has 8 heteroatoms. The molecule has 3 rings (SSSR count). The third-order valence-corrected chi connectivity index (χ3v) is 4.37. The zero-order valence-corrected chi connectivity index (χ0v) is 18.0. The van der Waals surface area contributed by atoms with Crippen LogP contribution in [0.3, 0.4) is 0 Å². The van der Waals surface area contributed by atoms with Crippen LogP contribution in [0.4, 0.5) is 0 Å². The SMILES string of the molecule is CCOc1ccc(C(=O)NNC(=O)c2ccc(OCc3ccncc3)c(OCC)c2)cc1. The van der Waals surface area contributed by atoms with E-state index in [4.69, 9.17) is 14.2 Å². The first kappa shape index (κ1) is 22.6. The standard InChI is InChI=1S/C24H25N3O5/c1-3-30-20-8-5-18(6-9-20)23(28)26-27-24(29)19-7-10-21(22(15-19)31-4-2)32-16-17-11-13-25-14-12-17/h5-15H,3-4,16H2,1-2H3,(H,26,28)(H,27,29). The molecule has 0 saturated carbocycles. The van der Waals surface area contributed by atoms with Gasteiger partial charge in [0.15, 0.2) is 11.5 Å². The van der Waals surface area contributed by atoms with Crippen molar-refractivity contribution in [2.24, 2.45) is 0 Å². The minimum atomic E-state index is -0.481. The number of carbonyl (C=O) groups excluding carboxylic acids is 2. The Balaban J connectivity index is 1.61. The lowest BCUT2D eigenvalue weighted by Gasteiger charge is -2.14. The van der Waals surface area contributed by atoms with Crippen LogP contribution < -0.4 is 25.1 Å². The van der Waals surface area contributed by atoms with E-state index in [0.29, 0.717) is 48.2 Å². The predicted molar refractivity (Wildman–Crippen MR) is 119 cm³/mol. The number of hydrazine groups is 1.